The first kappa shape index (κ1) is 19.0. The third kappa shape index (κ3) is 3.69. The van der Waals surface area contributed by atoms with Crippen LogP contribution in [0.3, 0.4) is 0 Å². The number of carbonyl (C=O) groups is 3. The van der Waals surface area contributed by atoms with Gasteiger partial charge in [0.1, 0.15) is 0 Å². The first-order chi connectivity index (χ1) is 12.6. The van der Waals surface area contributed by atoms with Gasteiger partial charge >= 0.3 is 18.2 Å². The van der Waals surface area contributed by atoms with Gasteiger partial charge in [-0.2, -0.15) is 13.2 Å². The van der Waals surface area contributed by atoms with E-state index in [-0.39, 0.29) is 11.6 Å². The Balaban J connectivity index is 1.75. The van der Waals surface area contributed by atoms with Crippen molar-refractivity contribution in [3.8, 4) is 0 Å². The number of carbonyl (C=O) groups excluding carboxylic acids is 2. The minimum atomic E-state index is -4.71. The summed E-state index contributed by atoms with van der Waals surface area (Å²) in [4.78, 5) is 38.0. The molecule has 1 aromatic carbocycles. The van der Waals surface area contributed by atoms with Gasteiger partial charge in [0.25, 0.3) is 5.91 Å². The summed E-state index contributed by atoms with van der Waals surface area (Å²) in [5.41, 5.74) is 1.53. The monoisotopic (exact) mass is 385 g/mol. The highest BCUT2D eigenvalue weighted by Crippen LogP contribution is 2.38. The molecule has 2 aliphatic heterocycles. The molecule has 0 aliphatic carbocycles. The van der Waals surface area contributed by atoms with Crippen LogP contribution in [-0.2, 0) is 11.2 Å². The minimum Gasteiger partial charge on any atom is -0.481 e. The number of anilines is 1. The predicted octanol–water partition coefficient (Wildman–Crippen LogP) is 2.04. The van der Waals surface area contributed by atoms with Crippen LogP contribution in [-0.4, -0.2) is 65.7 Å². The molecule has 2 N–H and O–H groups in total. The predicted molar refractivity (Wildman–Crippen MR) is 88.4 cm³/mol. The van der Waals surface area contributed by atoms with Gasteiger partial charge in [-0.15, -0.1) is 0 Å². The molecule has 1 fully saturated rings. The summed E-state index contributed by atoms with van der Waals surface area (Å²) in [7, 11) is 1.66. The maximum atomic E-state index is 13.0. The number of nitrogens with zero attached hydrogens (tertiary/aromatic N) is 2. The lowest BCUT2D eigenvalue weighted by atomic mass is 9.96. The van der Waals surface area contributed by atoms with Gasteiger partial charge in [-0.25, -0.2) is 4.79 Å². The number of hydrogen-bond acceptors (Lipinski definition) is 3. The molecule has 146 valence electrons. The highest BCUT2D eigenvalue weighted by atomic mass is 19.4. The average molecular weight is 385 g/mol. The molecule has 0 radical (unpaired) electrons. The summed E-state index contributed by atoms with van der Waals surface area (Å²) in [6, 6.07) is 3.92. The first-order valence-electron chi connectivity index (χ1n) is 8.31. The van der Waals surface area contributed by atoms with E-state index >= 15 is 0 Å². The quantitative estimate of drug-likeness (QED) is 0.815. The molecule has 7 nitrogen and oxygen atoms in total. The van der Waals surface area contributed by atoms with Gasteiger partial charge in [-0.05, 0) is 24.1 Å². The van der Waals surface area contributed by atoms with Crippen LogP contribution in [0.15, 0.2) is 18.2 Å². The van der Waals surface area contributed by atoms with Gasteiger partial charge in [0, 0.05) is 37.9 Å². The van der Waals surface area contributed by atoms with E-state index in [1.54, 1.807) is 24.1 Å². The van der Waals surface area contributed by atoms with Crippen LogP contribution < -0.4 is 5.32 Å². The molecule has 0 aromatic heterocycles. The van der Waals surface area contributed by atoms with Crippen molar-refractivity contribution in [1.82, 2.24) is 9.80 Å². The van der Waals surface area contributed by atoms with Gasteiger partial charge in [0.05, 0.1) is 11.8 Å². The Morgan fingerprint density at radius 3 is 2.56 bits per heavy atom. The van der Waals surface area contributed by atoms with Gasteiger partial charge in [-0.3, -0.25) is 9.59 Å². The van der Waals surface area contributed by atoms with E-state index in [1.165, 1.54) is 6.07 Å². The Hall–Kier alpha value is -2.78. The summed E-state index contributed by atoms with van der Waals surface area (Å²) in [6.07, 6.45) is -4.04. The van der Waals surface area contributed by atoms with Crippen molar-refractivity contribution < 1.29 is 32.7 Å². The lowest BCUT2D eigenvalue weighted by Gasteiger charge is -2.25. The molecule has 1 saturated heterocycles. The Labute approximate surface area is 152 Å². The lowest BCUT2D eigenvalue weighted by Crippen LogP contribution is -2.36. The molecule has 0 spiro atoms. The third-order valence-corrected chi connectivity index (χ3v) is 5.00. The lowest BCUT2D eigenvalue weighted by molar-refractivity contribution is -0.187. The van der Waals surface area contributed by atoms with Crippen LogP contribution in [0.2, 0.25) is 0 Å². The number of alkyl halides is 3. The zero-order valence-electron chi connectivity index (χ0n) is 14.4. The second-order valence-corrected chi connectivity index (χ2v) is 6.78. The summed E-state index contributed by atoms with van der Waals surface area (Å²) in [5.74, 6) is -5.60. The van der Waals surface area contributed by atoms with Crippen molar-refractivity contribution in [2.75, 3.05) is 32.0 Å². The minimum absolute atomic E-state index is 0.198. The topological polar surface area (TPSA) is 90.0 Å². The third-order valence-electron chi connectivity index (χ3n) is 5.00. The number of aliphatic carboxylic acids is 1. The second-order valence-electron chi connectivity index (χ2n) is 6.78. The van der Waals surface area contributed by atoms with E-state index < -0.39 is 43.1 Å². The molecule has 3 rings (SSSR count). The number of halogens is 3. The molecule has 10 heteroatoms. The molecule has 2 atom stereocenters. The van der Waals surface area contributed by atoms with Crippen LogP contribution in [0.25, 0.3) is 0 Å². The number of benzene rings is 1. The smallest absolute Gasteiger partial charge is 0.394 e. The molecule has 0 bridgehead atoms. The Morgan fingerprint density at radius 1 is 1.26 bits per heavy atom. The van der Waals surface area contributed by atoms with Crippen molar-refractivity contribution in [3.05, 3.63) is 29.3 Å². The normalized spacial score (nSPS) is 22.6. The van der Waals surface area contributed by atoms with E-state index in [2.05, 4.69) is 5.32 Å². The van der Waals surface area contributed by atoms with Crippen LogP contribution >= 0.6 is 0 Å². The number of hydrogen-bond donors (Lipinski definition) is 2. The highest BCUT2D eigenvalue weighted by Gasteiger charge is 2.53. The van der Waals surface area contributed by atoms with E-state index in [4.69, 9.17) is 5.11 Å². The number of likely N-dealkylation sites (tertiary alicyclic amines) is 1. The number of carboxylic acid groups (broad SMARTS) is 1. The Kier molecular flexibility index (Phi) is 4.75. The molecule has 3 amide bonds. The maximum absolute atomic E-state index is 13.0. The molecule has 2 aliphatic rings. The molecular weight excluding hydrogens is 367 g/mol. The molecule has 1 aromatic rings. The van der Waals surface area contributed by atoms with Gasteiger partial charge in [-0.1, -0.05) is 6.07 Å². The fourth-order valence-corrected chi connectivity index (χ4v) is 3.42. The number of urea groups is 1. The van der Waals surface area contributed by atoms with E-state index in [0.29, 0.717) is 18.5 Å². The van der Waals surface area contributed by atoms with E-state index in [1.807, 2.05) is 0 Å². The molecular formula is C17H18F3N3O4. The summed E-state index contributed by atoms with van der Waals surface area (Å²) >= 11 is 0. The Bertz CT molecular complexity index is 796. The van der Waals surface area contributed by atoms with Crippen molar-refractivity contribution >= 4 is 23.6 Å². The van der Waals surface area contributed by atoms with Crippen molar-refractivity contribution in [1.29, 1.82) is 0 Å². The largest absolute Gasteiger partial charge is 0.481 e. The molecule has 0 saturated carbocycles. The fraction of sp³-hybridized carbons (Fsp3) is 0.471. The summed E-state index contributed by atoms with van der Waals surface area (Å²) in [6.45, 7) is -0.669. The first-order valence-corrected chi connectivity index (χ1v) is 8.31. The zero-order valence-corrected chi connectivity index (χ0v) is 14.4. The van der Waals surface area contributed by atoms with E-state index in [9.17, 15) is 27.6 Å². The van der Waals surface area contributed by atoms with Crippen molar-refractivity contribution in [2.45, 2.75) is 12.6 Å². The maximum Gasteiger partial charge on any atom is 0.394 e. The zero-order chi connectivity index (χ0) is 19.9. The molecule has 27 heavy (non-hydrogen) atoms. The van der Waals surface area contributed by atoms with Crippen LogP contribution in [0.4, 0.5) is 23.7 Å². The van der Waals surface area contributed by atoms with Crippen molar-refractivity contribution in [2.24, 2.45) is 11.8 Å². The molecule has 2 heterocycles. The number of likely N-dealkylation sites (N-methyl/N-ethyl adjacent to an activating group) is 1. The highest BCUT2D eigenvalue weighted by molar-refractivity contribution is 5.99. The van der Waals surface area contributed by atoms with Crippen molar-refractivity contribution in [3.63, 3.8) is 0 Å². The number of rotatable bonds is 2. The average Bonchev–Trinajstić information content (AvgIpc) is 3.05. The summed E-state index contributed by atoms with van der Waals surface area (Å²) < 4.78 is 39.1. The van der Waals surface area contributed by atoms with Crippen LogP contribution in [0.1, 0.15) is 15.9 Å². The van der Waals surface area contributed by atoms with Crippen LogP contribution in [0, 0.1) is 11.8 Å². The fourth-order valence-electron chi connectivity index (χ4n) is 3.42. The number of nitrogens with one attached hydrogen (secondary N) is 1. The van der Waals surface area contributed by atoms with Gasteiger partial charge in [0.2, 0.25) is 0 Å². The van der Waals surface area contributed by atoms with E-state index in [0.717, 1.165) is 10.5 Å². The Morgan fingerprint density at radius 2 is 1.96 bits per heavy atom. The molecule has 0 unspecified atom stereocenters. The number of carboxylic acids is 1. The van der Waals surface area contributed by atoms with Gasteiger partial charge in [0.15, 0.2) is 0 Å². The standard InChI is InChI=1S/C17H18F3N3O4/c1-22-5-4-9-2-3-10(6-11(9)14(22)24)21-16(27)23-7-12(15(25)26)13(8-23)17(18,19)20/h2-3,6,12-13H,4-5,7-8H2,1H3,(H,21,27)(H,25,26)/t12-,13-/m1/s1. The summed E-state index contributed by atoms with van der Waals surface area (Å²) in [5, 5.41) is 11.5. The number of amides is 3. The van der Waals surface area contributed by atoms with Crippen LogP contribution in [0.5, 0.6) is 0 Å². The SMILES string of the molecule is CN1CCc2ccc(NC(=O)N3C[C@@H](C(F)(F)F)[C@H](C(=O)O)C3)cc2C1=O. The van der Waals surface area contributed by atoms with Gasteiger partial charge < -0.3 is 20.2 Å². The number of fused-ring (bicyclic) bond motifs is 1. The second kappa shape index (κ2) is 6.75.